The van der Waals surface area contributed by atoms with Crippen LogP contribution >= 0.6 is 46.4 Å². The molecule has 0 unspecified atom stereocenters. The van der Waals surface area contributed by atoms with Crippen LogP contribution in [0.4, 0.5) is 11.4 Å². The molecule has 24 heavy (non-hydrogen) atoms. The molecule has 0 bridgehead atoms. The summed E-state index contributed by atoms with van der Waals surface area (Å²) in [5.74, 6) is -1.92. The van der Waals surface area contributed by atoms with Crippen molar-refractivity contribution in [3.8, 4) is 0 Å². The summed E-state index contributed by atoms with van der Waals surface area (Å²) >= 11 is 23.5. The van der Waals surface area contributed by atoms with Crippen molar-refractivity contribution in [2.75, 3.05) is 10.9 Å². The zero-order valence-electron chi connectivity index (χ0n) is 11.8. The van der Waals surface area contributed by atoms with Gasteiger partial charge in [0.25, 0.3) is 0 Å². The standard InChI is InChI=1S/C14H10Cl4N4O2/c15-7-1-3-9(17)11(5-7)19-21-13(23)14(24)22-20-12-6-8(16)2-4-10(12)18/h1-6,19-20H,(H,21,23)(H,22,24). The van der Waals surface area contributed by atoms with Crippen molar-refractivity contribution in [2.24, 2.45) is 0 Å². The summed E-state index contributed by atoms with van der Waals surface area (Å²) in [6.45, 7) is 0. The fourth-order valence-corrected chi connectivity index (χ4v) is 2.22. The summed E-state index contributed by atoms with van der Waals surface area (Å²) < 4.78 is 0. The molecule has 2 amide bonds. The van der Waals surface area contributed by atoms with Gasteiger partial charge in [0, 0.05) is 10.0 Å². The van der Waals surface area contributed by atoms with E-state index in [1.165, 1.54) is 12.1 Å². The maximum Gasteiger partial charge on any atom is 0.329 e. The number of halogens is 4. The highest BCUT2D eigenvalue weighted by atomic mass is 35.5. The van der Waals surface area contributed by atoms with Crippen LogP contribution in [0, 0.1) is 0 Å². The number of rotatable bonds is 4. The second-order valence-electron chi connectivity index (χ2n) is 4.41. The van der Waals surface area contributed by atoms with Crippen LogP contribution in [0.1, 0.15) is 0 Å². The van der Waals surface area contributed by atoms with E-state index in [4.69, 9.17) is 46.4 Å². The third kappa shape index (κ3) is 5.07. The van der Waals surface area contributed by atoms with E-state index >= 15 is 0 Å². The first-order valence-corrected chi connectivity index (χ1v) is 7.90. The first kappa shape index (κ1) is 18.5. The molecule has 10 heteroatoms. The van der Waals surface area contributed by atoms with E-state index in [0.29, 0.717) is 31.5 Å². The monoisotopic (exact) mass is 406 g/mol. The number of nitrogens with one attached hydrogen (secondary N) is 4. The van der Waals surface area contributed by atoms with Gasteiger partial charge >= 0.3 is 11.8 Å². The van der Waals surface area contributed by atoms with Crippen molar-refractivity contribution in [1.29, 1.82) is 0 Å². The van der Waals surface area contributed by atoms with Gasteiger partial charge in [0.05, 0.1) is 21.4 Å². The Morgan fingerprint density at radius 2 is 1.04 bits per heavy atom. The largest absolute Gasteiger partial charge is 0.329 e. The number of amides is 2. The van der Waals surface area contributed by atoms with Crippen molar-refractivity contribution >= 4 is 69.6 Å². The van der Waals surface area contributed by atoms with Crippen molar-refractivity contribution < 1.29 is 9.59 Å². The van der Waals surface area contributed by atoms with Crippen LogP contribution in [0.3, 0.4) is 0 Å². The van der Waals surface area contributed by atoms with Gasteiger partial charge in [0.15, 0.2) is 0 Å². The Kier molecular flexibility index (Phi) is 6.39. The molecule has 0 aliphatic rings. The molecule has 0 radical (unpaired) electrons. The van der Waals surface area contributed by atoms with Crippen LogP contribution < -0.4 is 21.7 Å². The van der Waals surface area contributed by atoms with E-state index in [2.05, 4.69) is 21.7 Å². The van der Waals surface area contributed by atoms with Gasteiger partial charge in [-0.3, -0.25) is 31.3 Å². The van der Waals surface area contributed by atoms with Crippen LogP contribution in [0.25, 0.3) is 0 Å². The third-order valence-electron chi connectivity index (χ3n) is 2.68. The van der Waals surface area contributed by atoms with Crippen molar-refractivity contribution in [2.45, 2.75) is 0 Å². The first-order valence-electron chi connectivity index (χ1n) is 6.39. The van der Waals surface area contributed by atoms with Crippen LogP contribution in [-0.2, 0) is 9.59 Å². The minimum Gasteiger partial charge on any atom is -0.297 e. The third-order valence-corrected chi connectivity index (χ3v) is 3.81. The number of anilines is 2. The number of hydrogen-bond donors (Lipinski definition) is 4. The minimum atomic E-state index is -0.961. The molecule has 126 valence electrons. The molecule has 2 aromatic rings. The van der Waals surface area contributed by atoms with Gasteiger partial charge in [-0.2, -0.15) is 0 Å². The zero-order chi connectivity index (χ0) is 17.7. The molecular weight excluding hydrogens is 398 g/mol. The second-order valence-corrected chi connectivity index (χ2v) is 6.09. The molecule has 0 aliphatic carbocycles. The first-order chi connectivity index (χ1) is 11.4. The molecule has 0 saturated heterocycles. The fourth-order valence-electron chi connectivity index (χ4n) is 1.55. The van der Waals surface area contributed by atoms with Crippen LogP contribution in [0.15, 0.2) is 36.4 Å². The predicted octanol–water partition coefficient (Wildman–Crippen LogP) is 3.89. The fraction of sp³-hybridized carbons (Fsp3) is 0. The van der Waals surface area contributed by atoms with Gasteiger partial charge in [0.2, 0.25) is 0 Å². The molecule has 0 aromatic heterocycles. The molecular formula is C14H10Cl4N4O2. The molecule has 4 N–H and O–H groups in total. The average Bonchev–Trinajstić information content (AvgIpc) is 2.55. The Hall–Kier alpha value is -1.86. The van der Waals surface area contributed by atoms with Gasteiger partial charge in [-0.1, -0.05) is 46.4 Å². The smallest absolute Gasteiger partial charge is 0.297 e. The topological polar surface area (TPSA) is 82.3 Å². The van der Waals surface area contributed by atoms with Gasteiger partial charge in [0.1, 0.15) is 0 Å². The normalized spacial score (nSPS) is 10.0. The Morgan fingerprint density at radius 1 is 0.667 bits per heavy atom. The van der Waals surface area contributed by atoms with Crippen molar-refractivity contribution in [3.05, 3.63) is 56.5 Å². The molecule has 0 heterocycles. The lowest BCUT2D eigenvalue weighted by Gasteiger charge is -2.12. The van der Waals surface area contributed by atoms with Crippen molar-refractivity contribution in [3.63, 3.8) is 0 Å². The summed E-state index contributed by atoms with van der Waals surface area (Å²) in [5.41, 5.74) is 10.1. The molecule has 0 aliphatic heterocycles. The van der Waals surface area contributed by atoms with E-state index in [-0.39, 0.29) is 0 Å². The summed E-state index contributed by atoms with van der Waals surface area (Å²) in [7, 11) is 0. The lowest BCUT2D eigenvalue weighted by atomic mass is 10.3. The SMILES string of the molecule is O=C(NNc1cc(Cl)ccc1Cl)C(=O)NNc1cc(Cl)ccc1Cl. The average molecular weight is 408 g/mol. The van der Waals surface area contributed by atoms with Gasteiger partial charge in [-0.25, -0.2) is 0 Å². The van der Waals surface area contributed by atoms with E-state index in [9.17, 15) is 9.59 Å². The van der Waals surface area contributed by atoms with E-state index in [1.807, 2.05) is 0 Å². The Balaban J connectivity index is 1.89. The van der Waals surface area contributed by atoms with Gasteiger partial charge in [-0.05, 0) is 36.4 Å². The number of hydrogen-bond acceptors (Lipinski definition) is 4. The highest BCUT2D eigenvalue weighted by Gasteiger charge is 2.14. The quantitative estimate of drug-likeness (QED) is 0.457. The molecule has 2 aromatic carbocycles. The highest BCUT2D eigenvalue weighted by Crippen LogP contribution is 2.25. The van der Waals surface area contributed by atoms with Crippen molar-refractivity contribution in [1.82, 2.24) is 10.9 Å². The summed E-state index contributed by atoms with van der Waals surface area (Å²) in [6.07, 6.45) is 0. The zero-order valence-corrected chi connectivity index (χ0v) is 14.8. The number of carbonyl (C=O) groups excluding carboxylic acids is 2. The Morgan fingerprint density at radius 3 is 1.42 bits per heavy atom. The lowest BCUT2D eigenvalue weighted by Crippen LogP contribution is -2.44. The van der Waals surface area contributed by atoms with Crippen LogP contribution in [0.5, 0.6) is 0 Å². The van der Waals surface area contributed by atoms with Crippen LogP contribution in [-0.4, -0.2) is 11.8 Å². The lowest BCUT2D eigenvalue weighted by molar-refractivity contribution is -0.138. The highest BCUT2D eigenvalue weighted by molar-refractivity contribution is 6.37. The Bertz CT molecular complexity index is 720. The van der Waals surface area contributed by atoms with Gasteiger partial charge < -0.3 is 0 Å². The van der Waals surface area contributed by atoms with E-state index in [1.54, 1.807) is 24.3 Å². The molecule has 2 rings (SSSR count). The minimum absolute atomic E-state index is 0.323. The number of hydrazine groups is 2. The van der Waals surface area contributed by atoms with Gasteiger partial charge in [-0.15, -0.1) is 0 Å². The maximum atomic E-state index is 11.7. The second kappa shape index (κ2) is 8.30. The summed E-state index contributed by atoms with van der Waals surface area (Å²) in [4.78, 5) is 23.4. The summed E-state index contributed by atoms with van der Waals surface area (Å²) in [6, 6.07) is 9.24. The van der Waals surface area contributed by atoms with E-state index < -0.39 is 11.8 Å². The molecule has 6 nitrogen and oxygen atoms in total. The van der Waals surface area contributed by atoms with Crippen LogP contribution in [0.2, 0.25) is 20.1 Å². The van der Waals surface area contributed by atoms with E-state index in [0.717, 1.165) is 0 Å². The molecule has 0 atom stereocenters. The molecule has 0 saturated carbocycles. The number of carbonyl (C=O) groups is 2. The number of benzene rings is 2. The predicted molar refractivity (Wildman–Crippen MR) is 96.5 cm³/mol. The molecule has 0 spiro atoms. The molecule has 0 fully saturated rings. The Labute approximate surface area is 157 Å². The maximum absolute atomic E-state index is 11.7. The summed E-state index contributed by atoms with van der Waals surface area (Å²) in [5, 5.41) is 1.48.